The van der Waals surface area contributed by atoms with Gasteiger partial charge in [-0.15, -0.1) is 22.7 Å². The van der Waals surface area contributed by atoms with Crippen molar-refractivity contribution in [3.8, 4) is 22.6 Å². The van der Waals surface area contributed by atoms with Gasteiger partial charge in [0.05, 0.1) is 24.9 Å². The van der Waals surface area contributed by atoms with E-state index in [1.54, 1.807) is 23.0 Å². The Morgan fingerprint density at radius 2 is 2.17 bits per heavy atom. The number of thiophene rings is 1. The van der Waals surface area contributed by atoms with E-state index in [1.165, 1.54) is 27.0 Å². The van der Waals surface area contributed by atoms with Crippen LogP contribution < -0.4 is 9.47 Å². The highest BCUT2D eigenvalue weighted by Gasteiger charge is 2.25. The average molecular weight is 437 g/mol. The number of thiazole rings is 1. The van der Waals surface area contributed by atoms with Gasteiger partial charge in [0.15, 0.2) is 11.5 Å². The molecule has 5 nitrogen and oxygen atoms in total. The molecule has 7 heteroatoms. The third-order valence-electron chi connectivity index (χ3n) is 5.12. The molecular formula is C23H20N2O3S2. The maximum Gasteiger partial charge on any atom is 0.265 e. The summed E-state index contributed by atoms with van der Waals surface area (Å²) in [5, 5.41) is 3.40. The second kappa shape index (κ2) is 8.08. The molecule has 0 atom stereocenters. The van der Waals surface area contributed by atoms with Crippen molar-refractivity contribution in [2.24, 2.45) is 0 Å². The molecule has 0 radical (unpaired) electrons. The zero-order chi connectivity index (χ0) is 20.5. The number of hydrogen-bond donors (Lipinski definition) is 0. The van der Waals surface area contributed by atoms with Crippen LogP contribution in [0, 0.1) is 0 Å². The zero-order valence-corrected chi connectivity index (χ0v) is 18.1. The van der Waals surface area contributed by atoms with Crippen molar-refractivity contribution in [1.82, 2.24) is 9.88 Å². The van der Waals surface area contributed by atoms with Crippen LogP contribution in [0.1, 0.15) is 22.2 Å². The van der Waals surface area contributed by atoms with E-state index >= 15 is 0 Å². The van der Waals surface area contributed by atoms with Gasteiger partial charge < -0.3 is 14.4 Å². The van der Waals surface area contributed by atoms with E-state index in [9.17, 15) is 4.79 Å². The van der Waals surface area contributed by atoms with Crippen molar-refractivity contribution in [2.45, 2.75) is 13.5 Å². The number of benzene rings is 2. The standard InChI is InChI=1S/C23H20N2O3S2/c1-2-27-19-10-15(18-13-29-20-6-4-3-5-17(18)20)9-16-12-25(7-8-28-22(16)19)23(26)21-11-24-14-30-21/h3-6,9-11,13-14H,2,7-8,12H2,1H3. The highest BCUT2D eigenvalue weighted by molar-refractivity contribution is 7.17. The first-order valence-corrected chi connectivity index (χ1v) is 11.6. The summed E-state index contributed by atoms with van der Waals surface area (Å²) in [4.78, 5) is 19.4. The van der Waals surface area contributed by atoms with Crippen LogP contribution in [-0.2, 0) is 6.54 Å². The fourth-order valence-electron chi connectivity index (χ4n) is 3.75. The Morgan fingerprint density at radius 1 is 1.27 bits per heavy atom. The average Bonchev–Trinajstić information content (AvgIpc) is 3.39. The molecule has 0 unspecified atom stereocenters. The van der Waals surface area contributed by atoms with Crippen molar-refractivity contribution in [2.75, 3.05) is 19.8 Å². The molecule has 0 fully saturated rings. The van der Waals surface area contributed by atoms with E-state index in [-0.39, 0.29) is 5.91 Å². The first kappa shape index (κ1) is 19.1. The van der Waals surface area contributed by atoms with Crippen LogP contribution >= 0.6 is 22.7 Å². The molecule has 0 bridgehead atoms. The van der Waals surface area contributed by atoms with Gasteiger partial charge in [-0.05, 0) is 36.1 Å². The molecule has 30 heavy (non-hydrogen) atoms. The quantitative estimate of drug-likeness (QED) is 0.426. The van der Waals surface area contributed by atoms with E-state index < -0.39 is 0 Å². The number of amides is 1. The molecule has 5 rings (SSSR count). The van der Waals surface area contributed by atoms with Gasteiger partial charge in [-0.1, -0.05) is 18.2 Å². The van der Waals surface area contributed by atoms with Gasteiger partial charge in [0.25, 0.3) is 5.91 Å². The molecule has 0 aliphatic carbocycles. The van der Waals surface area contributed by atoms with E-state index in [4.69, 9.17) is 9.47 Å². The Kier molecular flexibility index (Phi) is 5.14. The van der Waals surface area contributed by atoms with Crippen molar-refractivity contribution in [3.63, 3.8) is 0 Å². The number of fused-ring (bicyclic) bond motifs is 2. The first-order valence-electron chi connectivity index (χ1n) is 9.81. The minimum atomic E-state index is -0.0155. The molecule has 152 valence electrons. The number of carbonyl (C=O) groups is 1. The summed E-state index contributed by atoms with van der Waals surface area (Å²) in [5.41, 5.74) is 4.89. The number of nitrogens with zero attached hydrogens (tertiary/aromatic N) is 2. The van der Waals surface area contributed by atoms with Crippen LogP contribution in [0.4, 0.5) is 0 Å². The summed E-state index contributed by atoms with van der Waals surface area (Å²) in [6, 6.07) is 12.6. The van der Waals surface area contributed by atoms with Gasteiger partial charge in [-0.2, -0.15) is 0 Å². The number of hydrogen-bond acceptors (Lipinski definition) is 6. The molecule has 1 aliphatic rings. The lowest BCUT2D eigenvalue weighted by atomic mass is 10.0. The van der Waals surface area contributed by atoms with Crippen LogP contribution in [0.5, 0.6) is 11.5 Å². The van der Waals surface area contributed by atoms with Crippen molar-refractivity contribution in [1.29, 1.82) is 0 Å². The Bertz CT molecular complexity index is 1200. The Morgan fingerprint density at radius 3 is 3.00 bits per heavy atom. The zero-order valence-electron chi connectivity index (χ0n) is 16.5. The molecule has 0 saturated heterocycles. The van der Waals surface area contributed by atoms with E-state index in [2.05, 4.69) is 46.8 Å². The highest BCUT2D eigenvalue weighted by atomic mass is 32.1. The van der Waals surface area contributed by atoms with E-state index in [1.807, 2.05) is 11.8 Å². The van der Waals surface area contributed by atoms with Crippen molar-refractivity contribution < 1.29 is 14.3 Å². The van der Waals surface area contributed by atoms with E-state index in [0.29, 0.717) is 31.2 Å². The third-order valence-corrected chi connectivity index (χ3v) is 6.85. The topological polar surface area (TPSA) is 51.7 Å². The third kappa shape index (κ3) is 3.44. The fraction of sp³-hybridized carbons (Fsp3) is 0.217. The summed E-state index contributed by atoms with van der Waals surface area (Å²) >= 11 is 3.09. The fourth-order valence-corrected chi connectivity index (χ4v) is 5.31. The van der Waals surface area contributed by atoms with Gasteiger partial charge in [0.1, 0.15) is 11.5 Å². The van der Waals surface area contributed by atoms with Crippen LogP contribution in [0.2, 0.25) is 0 Å². The van der Waals surface area contributed by atoms with E-state index in [0.717, 1.165) is 22.6 Å². The number of rotatable bonds is 4. The molecule has 2 aromatic heterocycles. The summed E-state index contributed by atoms with van der Waals surface area (Å²) in [6.45, 7) is 3.94. The minimum absolute atomic E-state index is 0.0155. The molecular weight excluding hydrogens is 416 g/mol. The summed E-state index contributed by atoms with van der Waals surface area (Å²) in [6.07, 6.45) is 1.62. The number of carbonyl (C=O) groups excluding carboxylic acids is 1. The Hall–Kier alpha value is -2.90. The molecule has 0 N–H and O–H groups in total. The maximum absolute atomic E-state index is 12.9. The Balaban J connectivity index is 1.59. The van der Waals surface area contributed by atoms with Gasteiger partial charge in [0, 0.05) is 27.8 Å². The normalized spacial score (nSPS) is 13.6. The SMILES string of the molecule is CCOc1cc(-c2csc3ccccc23)cc2c1OCCN(C(=O)c1cncs1)C2. The molecule has 2 aromatic carbocycles. The molecule has 0 saturated carbocycles. The number of aromatic nitrogens is 1. The predicted molar refractivity (Wildman–Crippen MR) is 121 cm³/mol. The predicted octanol–water partition coefficient (Wildman–Crippen LogP) is 5.46. The van der Waals surface area contributed by atoms with Gasteiger partial charge in [-0.3, -0.25) is 9.78 Å². The highest BCUT2D eigenvalue weighted by Crippen LogP contribution is 2.42. The number of ether oxygens (including phenoxy) is 2. The van der Waals surface area contributed by atoms with Crippen LogP contribution in [0.25, 0.3) is 21.2 Å². The van der Waals surface area contributed by atoms with Gasteiger partial charge >= 0.3 is 0 Å². The van der Waals surface area contributed by atoms with Crippen LogP contribution in [0.15, 0.2) is 53.5 Å². The summed E-state index contributed by atoms with van der Waals surface area (Å²) in [7, 11) is 0. The maximum atomic E-state index is 12.9. The molecule has 1 aliphatic heterocycles. The van der Waals surface area contributed by atoms with Crippen LogP contribution in [0.3, 0.4) is 0 Å². The summed E-state index contributed by atoms with van der Waals surface area (Å²) < 4.78 is 13.3. The first-order chi connectivity index (χ1) is 14.7. The summed E-state index contributed by atoms with van der Waals surface area (Å²) in [5.74, 6) is 1.45. The largest absolute Gasteiger partial charge is 0.490 e. The van der Waals surface area contributed by atoms with Crippen molar-refractivity contribution >= 4 is 38.7 Å². The lowest BCUT2D eigenvalue weighted by Gasteiger charge is -2.19. The van der Waals surface area contributed by atoms with Crippen LogP contribution in [-0.4, -0.2) is 35.5 Å². The van der Waals surface area contributed by atoms with Crippen molar-refractivity contribution in [3.05, 3.63) is 63.9 Å². The van der Waals surface area contributed by atoms with Gasteiger partial charge in [0.2, 0.25) is 0 Å². The molecule has 3 heterocycles. The monoisotopic (exact) mass is 436 g/mol. The second-order valence-corrected chi connectivity index (χ2v) is 8.78. The molecule has 0 spiro atoms. The lowest BCUT2D eigenvalue weighted by Crippen LogP contribution is -2.31. The molecule has 4 aromatic rings. The minimum Gasteiger partial charge on any atom is -0.490 e. The lowest BCUT2D eigenvalue weighted by molar-refractivity contribution is 0.0737. The molecule has 1 amide bonds. The smallest absolute Gasteiger partial charge is 0.265 e. The Labute approximate surface area is 182 Å². The second-order valence-electron chi connectivity index (χ2n) is 6.98. The van der Waals surface area contributed by atoms with Gasteiger partial charge in [-0.25, -0.2) is 0 Å².